The van der Waals surface area contributed by atoms with Crippen molar-refractivity contribution in [3.05, 3.63) is 54.1 Å². The van der Waals surface area contributed by atoms with E-state index < -0.39 is 0 Å². The van der Waals surface area contributed by atoms with Gasteiger partial charge < -0.3 is 14.2 Å². The normalized spacial score (nSPS) is 18.4. The fourth-order valence-corrected chi connectivity index (χ4v) is 2.80. The third-order valence-electron chi connectivity index (χ3n) is 4.04. The molecule has 5 heteroatoms. The Morgan fingerprint density at radius 1 is 1.41 bits per heavy atom. The number of ether oxygens (including phenoxy) is 1. The number of amides is 1. The molecule has 3 heterocycles. The van der Waals surface area contributed by atoms with Crippen molar-refractivity contribution in [1.29, 1.82) is 0 Å². The Morgan fingerprint density at radius 2 is 2.32 bits per heavy atom. The number of carbonyl (C=O) groups excluding carboxylic acids is 1. The molecule has 1 aliphatic rings. The van der Waals surface area contributed by atoms with Crippen molar-refractivity contribution in [3.63, 3.8) is 0 Å². The predicted molar refractivity (Wildman–Crippen MR) is 83.4 cm³/mol. The van der Waals surface area contributed by atoms with Gasteiger partial charge in [0.2, 0.25) is 0 Å². The summed E-state index contributed by atoms with van der Waals surface area (Å²) in [5.41, 5.74) is 1.79. The Bertz CT molecular complexity index is 624. The lowest BCUT2D eigenvalue weighted by Gasteiger charge is -2.32. The molecule has 0 bridgehead atoms. The number of pyridine rings is 1. The quantitative estimate of drug-likeness (QED) is 0.870. The molecule has 1 saturated heterocycles. The number of likely N-dealkylation sites (tertiary alicyclic amines) is 1. The first-order chi connectivity index (χ1) is 10.7. The van der Waals surface area contributed by atoms with Gasteiger partial charge in [-0.2, -0.15) is 0 Å². The van der Waals surface area contributed by atoms with Gasteiger partial charge in [0.15, 0.2) is 0 Å². The summed E-state index contributed by atoms with van der Waals surface area (Å²) in [4.78, 5) is 18.5. The summed E-state index contributed by atoms with van der Waals surface area (Å²) in [5, 5.41) is 0. The van der Waals surface area contributed by atoms with E-state index in [4.69, 9.17) is 4.74 Å². The molecule has 3 rings (SSSR count). The molecule has 2 aromatic rings. The van der Waals surface area contributed by atoms with Crippen LogP contribution in [-0.2, 0) is 18.4 Å². The molecule has 5 nitrogen and oxygen atoms in total. The predicted octanol–water partition coefficient (Wildman–Crippen LogP) is 2.24. The van der Waals surface area contributed by atoms with E-state index in [1.165, 1.54) is 0 Å². The van der Waals surface area contributed by atoms with Gasteiger partial charge in [-0.15, -0.1) is 0 Å². The summed E-state index contributed by atoms with van der Waals surface area (Å²) in [6.45, 7) is 2.01. The molecule has 1 unspecified atom stereocenters. The van der Waals surface area contributed by atoms with Crippen molar-refractivity contribution >= 4 is 5.91 Å². The molecule has 1 atom stereocenters. The molecule has 2 aromatic heterocycles. The summed E-state index contributed by atoms with van der Waals surface area (Å²) in [6.07, 6.45) is 7.54. The van der Waals surface area contributed by atoms with Crippen molar-refractivity contribution in [2.75, 3.05) is 13.1 Å². The van der Waals surface area contributed by atoms with Gasteiger partial charge in [0, 0.05) is 38.7 Å². The highest BCUT2D eigenvalue weighted by Gasteiger charge is 2.26. The first-order valence-corrected chi connectivity index (χ1v) is 7.65. The molecular weight excluding hydrogens is 278 g/mol. The van der Waals surface area contributed by atoms with Crippen LogP contribution in [0.25, 0.3) is 0 Å². The number of piperidine rings is 1. The van der Waals surface area contributed by atoms with Crippen LogP contribution in [0.4, 0.5) is 0 Å². The second-order valence-electron chi connectivity index (χ2n) is 5.69. The molecule has 116 valence electrons. The van der Waals surface area contributed by atoms with Crippen molar-refractivity contribution in [2.45, 2.75) is 25.6 Å². The van der Waals surface area contributed by atoms with Crippen LogP contribution in [0.1, 0.15) is 28.9 Å². The highest BCUT2D eigenvalue weighted by Crippen LogP contribution is 2.17. The van der Waals surface area contributed by atoms with Crippen LogP contribution < -0.4 is 0 Å². The highest BCUT2D eigenvalue weighted by molar-refractivity contribution is 5.92. The third-order valence-corrected chi connectivity index (χ3v) is 4.04. The molecule has 0 aliphatic carbocycles. The van der Waals surface area contributed by atoms with Crippen LogP contribution in [-0.4, -0.2) is 39.6 Å². The minimum absolute atomic E-state index is 0.0853. The van der Waals surface area contributed by atoms with Crippen LogP contribution in [0.3, 0.4) is 0 Å². The van der Waals surface area contributed by atoms with Gasteiger partial charge in [-0.05, 0) is 36.6 Å². The van der Waals surface area contributed by atoms with Crippen molar-refractivity contribution < 1.29 is 9.53 Å². The van der Waals surface area contributed by atoms with Crippen LogP contribution in [0.15, 0.2) is 42.9 Å². The van der Waals surface area contributed by atoms with Crippen molar-refractivity contribution in [1.82, 2.24) is 14.5 Å². The van der Waals surface area contributed by atoms with Gasteiger partial charge in [-0.1, -0.05) is 6.07 Å². The SMILES string of the molecule is Cn1cccc1C(=O)N1CCCC(OCc2cccnc2)C1. The lowest BCUT2D eigenvalue weighted by Crippen LogP contribution is -2.43. The summed E-state index contributed by atoms with van der Waals surface area (Å²) < 4.78 is 7.82. The highest BCUT2D eigenvalue weighted by atomic mass is 16.5. The molecule has 1 amide bonds. The van der Waals surface area contributed by atoms with Crippen LogP contribution in [0.5, 0.6) is 0 Å². The van der Waals surface area contributed by atoms with E-state index in [0.717, 1.165) is 30.6 Å². The average molecular weight is 299 g/mol. The van der Waals surface area contributed by atoms with E-state index >= 15 is 0 Å². The number of nitrogens with zero attached hydrogens (tertiary/aromatic N) is 3. The van der Waals surface area contributed by atoms with Crippen LogP contribution >= 0.6 is 0 Å². The second-order valence-corrected chi connectivity index (χ2v) is 5.69. The lowest BCUT2D eigenvalue weighted by atomic mass is 10.1. The molecule has 1 fully saturated rings. The molecule has 0 saturated carbocycles. The average Bonchev–Trinajstić information content (AvgIpc) is 2.99. The number of rotatable bonds is 4. The zero-order valence-corrected chi connectivity index (χ0v) is 12.8. The van der Waals surface area contributed by atoms with Gasteiger partial charge in [-0.3, -0.25) is 9.78 Å². The Labute approximate surface area is 130 Å². The van der Waals surface area contributed by atoms with Gasteiger partial charge in [0.1, 0.15) is 5.69 Å². The monoisotopic (exact) mass is 299 g/mol. The Morgan fingerprint density at radius 3 is 3.05 bits per heavy atom. The Hall–Kier alpha value is -2.14. The van der Waals surface area contributed by atoms with E-state index in [1.807, 2.05) is 53.2 Å². The van der Waals surface area contributed by atoms with E-state index in [9.17, 15) is 4.79 Å². The van der Waals surface area contributed by atoms with Gasteiger partial charge in [0.25, 0.3) is 5.91 Å². The summed E-state index contributed by atoms with van der Waals surface area (Å²) in [6, 6.07) is 7.67. The maximum Gasteiger partial charge on any atom is 0.270 e. The van der Waals surface area contributed by atoms with Crippen LogP contribution in [0.2, 0.25) is 0 Å². The first kappa shape index (κ1) is 14.8. The maximum absolute atomic E-state index is 12.5. The fraction of sp³-hybridized carbons (Fsp3) is 0.412. The number of hydrogen-bond donors (Lipinski definition) is 0. The lowest BCUT2D eigenvalue weighted by molar-refractivity contribution is -0.00707. The molecule has 0 N–H and O–H groups in total. The molecule has 0 aromatic carbocycles. The van der Waals surface area contributed by atoms with Gasteiger partial charge in [-0.25, -0.2) is 0 Å². The van der Waals surface area contributed by atoms with Gasteiger partial charge in [0.05, 0.1) is 12.7 Å². The minimum Gasteiger partial charge on any atom is -0.372 e. The van der Waals surface area contributed by atoms with E-state index in [0.29, 0.717) is 13.2 Å². The van der Waals surface area contributed by atoms with Crippen LogP contribution in [0, 0.1) is 0 Å². The molecule has 22 heavy (non-hydrogen) atoms. The second kappa shape index (κ2) is 6.75. The van der Waals surface area contributed by atoms with E-state index in [-0.39, 0.29) is 12.0 Å². The van der Waals surface area contributed by atoms with E-state index in [2.05, 4.69) is 4.98 Å². The standard InChI is InChI=1S/C17H21N3O2/c1-19-9-4-7-16(19)17(21)20-10-3-6-15(12-20)22-13-14-5-2-8-18-11-14/h2,4-5,7-9,11,15H,3,6,10,12-13H2,1H3. The summed E-state index contributed by atoms with van der Waals surface area (Å²) >= 11 is 0. The van der Waals surface area contributed by atoms with Crippen molar-refractivity contribution in [3.8, 4) is 0 Å². The molecular formula is C17H21N3O2. The zero-order chi connectivity index (χ0) is 15.4. The molecule has 1 aliphatic heterocycles. The Balaban J connectivity index is 1.57. The van der Waals surface area contributed by atoms with Gasteiger partial charge >= 0.3 is 0 Å². The summed E-state index contributed by atoms with van der Waals surface area (Å²) in [7, 11) is 1.90. The maximum atomic E-state index is 12.5. The fourth-order valence-electron chi connectivity index (χ4n) is 2.80. The topological polar surface area (TPSA) is 47.4 Å². The number of aryl methyl sites for hydroxylation is 1. The largest absolute Gasteiger partial charge is 0.372 e. The molecule has 0 spiro atoms. The Kier molecular flexibility index (Phi) is 4.53. The van der Waals surface area contributed by atoms with E-state index in [1.54, 1.807) is 6.20 Å². The zero-order valence-electron chi connectivity index (χ0n) is 12.8. The minimum atomic E-state index is 0.0853. The third kappa shape index (κ3) is 3.36. The number of hydrogen-bond acceptors (Lipinski definition) is 3. The van der Waals surface area contributed by atoms with Crippen molar-refractivity contribution in [2.24, 2.45) is 7.05 Å². The number of aromatic nitrogens is 2. The summed E-state index contributed by atoms with van der Waals surface area (Å²) in [5.74, 6) is 0.0853. The first-order valence-electron chi connectivity index (χ1n) is 7.65. The number of carbonyl (C=O) groups is 1. The molecule has 0 radical (unpaired) electrons. The smallest absolute Gasteiger partial charge is 0.270 e.